The van der Waals surface area contributed by atoms with Crippen molar-refractivity contribution in [2.75, 3.05) is 0 Å². The smallest absolute Gasteiger partial charge is 0.155 e. The number of aliphatic hydroxyl groups is 1. The van der Waals surface area contributed by atoms with Crippen molar-refractivity contribution in [2.45, 2.75) is 13.8 Å². The van der Waals surface area contributed by atoms with Gasteiger partial charge in [-0.2, -0.15) is 30.3 Å². The Kier molecular flexibility index (Phi) is 7.90. The molecular formula is C19H16IrO2S-2. The second kappa shape index (κ2) is 9.41. The summed E-state index contributed by atoms with van der Waals surface area (Å²) in [4.78, 5) is 11.2. The van der Waals surface area contributed by atoms with Gasteiger partial charge in [0.2, 0.25) is 0 Å². The molecule has 1 N–H and O–H groups in total. The van der Waals surface area contributed by atoms with Crippen molar-refractivity contribution in [2.24, 2.45) is 0 Å². The van der Waals surface area contributed by atoms with E-state index in [0.717, 1.165) is 10.4 Å². The van der Waals surface area contributed by atoms with Crippen LogP contribution in [-0.2, 0) is 24.9 Å². The maximum atomic E-state index is 10.0. The summed E-state index contributed by atoms with van der Waals surface area (Å²) in [5, 5.41) is 9.55. The second-order valence-corrected chi connectivity index (χ2v) is 5.78. The fourth-order valence-corrected chi connectivity index (χ4v) is 2.86. The Morgan fingerprint density at radius 1 is 1.13 bits per heavy atom. The van der Waals surface area contributed by atoms with Crippen LogP contribution in [0.2, 0.25) is 0 Å². The molecule has 1 aromatic heterocycles. The minimum absolute atomic E-state index is 0. The third-order valence-electron chi connectivity index (χ3n) is 2.71. The topological polar surface area (TPSA) is 37.3 Å². The molecule has 23 heavy (non-hydrogen) atoms. The average Bonchev–Trinajstić information content (AvgIpc) is 2.91. The molecule has 0 unspecified atom stereocenters. The standard InChI is InChI=1S/C14H8S.C5H8O2.Ir/c1-2-6-11(7-3-1)14-10-12-8-4-5-9-13(12)15-14;1-4(6)3-5(2)7;/h1-6,8-9H;3,6H,1-2H3;/q-2;;. The summed E-state index contributed by atoms with van der Waals surface area (Å²) in [6, 6.07) is 23.0. The molecule has 3 rings (SSSR count). The number of carbonyl (C=O) groups is 1. The molecule has 2 nitrogen and oxygen atoms in total. The van der Waals surface area contributed by atoms with Gasteiger partial charge in [0.15, 0.2) is 5.78 Å². The zero-order valence-electron chi connectivity index (χ0n) is 12.8. The number of carbonyl (C=O) groups excluding carboxylic acids is 1. The SMILES string of the molecule is CC(=O)C=C(C)O.[Ir].[c-]1ccccc1-c1[c-]c2ccccc2s1. The van der Waals surface area contributed by atoms with E-state index in [-0.39, 0.29) is 31.6 Å². The van der Waals surface area contributed by atoms with Crippen LogP contribution in [0, 0.1) is 12.1 Å². The molecule has 0 atom stereocenters. The fraction of sp³-hybridized carbons (Fsp3) is 0.105. The van der Waals surface area contributed by atoms with Crippen molar-refractivity contribution in [3.05, 3.63) is 72.5 Å². The molecule has 0 aliphatic carbocycles. The Hall–Kier alpha value is -1.74. The maximum Gasteiger partial charge on any atom is 0.155 e. The summed E-state index contributed by atoms with van der Waals surface area (Å²) in [5.41, 5.74) is 1.12. The van der Waals surface area contributed by atoms with Crippen LogP contribution in [0.4, 0.5) is 0 Å². The normalized spacial score (nSPS) is 10.4. The first-order chi connectivity index (χ1) is 10.6. The van der Waals surface area contributed by atoms with E-state index < -0.39 is 0 Å². The summed E-state index contributed by atoms with van der Waals surface area (Å²) in [5.74, 6) is -0.0625. The van der Waals surface area contributed by atoms with Crippen LogP contribution in [0.3, 0.4) is 0 Å². The first-order valence-corrected chi connectivity index (χ1v) is 7.63. The largest absolute Gasteiger partial charge is 0.512 e. The molecule has 3 aromatic rings. The predicted molar refractivity (Wildman–Crippen MR) is 92.0 cm³/mol. The number of thiophene rings is 1. The Morgan fingerprint density at radius 2 is 1.83 bits per heavy atom. The molecule has 0 saturated heterocycles. The molecular weight excluding hydrogens is 484 g/mol. The summed E-state index contributed by atoms with van der Waals surface area (Å²) in [7, 11) is 0. The third kappa shape index (κ3) is 6.11. The molecule has 4 heteroatoms. The first-order valence-electron chi connectivity index (χ1n) is 6.82. The minimum atomic E-state index is -0.125. The van der Waals surface area contributed by atoms with E-state index in [1.807, 2.05) is 24.3 Å². The van der Waals surface area contributed by atoms with E-state index in [0.29, 0.717) is 0 Å². The molecule has 2 aromatic carbocycles. The van der Waals surface area contributed by atoms with Crippen molar-refractivity contribution in [1.82, 2.24) is 0 Å². The average molecular weight is 501 g/mol. The van der Waals surface area contributed by atoms with E-state index in [2.05, 4.69) is 36.4 Å². The van der Waals surface area contributed by atoms with E-state index in [9.17, 15) is 4.79 Å². The number of hydrogen-bond acceptors (Lipinski definition) is 3. The summed E-state index contributed by atoms with van der Waals surface area (Å²) in [6.07, 6.45) is 1.17. The zero-order chi connectivity index (χ0) is 15.9. The number of benzene rings is 2. The number of ketones is 1. The number of hydrogen-bond donors (Lipinski definition) is 1. The molecule has 0 aliphatic rings. The quantitative estimate of drug-likeness (QED) is 0.298. The van der Waals surface area contributed by atoms with Gasteiger partial charge < -0.3 is 5.11 Å². The minimum Gasteiger partial charge on any atom is -0.512 e. The van der Waals surface area contributed by atoms with Crippen molar-refractivity contribution in [3.8, 4) is 10.4 Å². The van der Waals surface area contributed by atoms with Crippen molar-refractivity contribution in [1.29, 1.82) is 0 Å². The summed E-state index contributed by atoms with van der Waals surface area (Å²) < 4.78 is 1.28. The van der Waals surface area contributed by atoms with Gasteiger partial charge in [-0.25, -0.2) is 5.56 Å². The Labute approximate surface area is 153 Å². The van der Waals surface area contributed by atoms with Gasteiger partial charge in [0.1, 0.15) is 0 Å². The van der Waals surface area contributed by atoms with Crippen LogP contribution in [0.15, 0.2) is 60.4 Å². The molecule has 0 bridgehead atoms. The van der Waals surface area contributed by atoms with Crippen molar-refractivity contribution < 1.29 is 30.0 Å². The van der Waals surface area contributed by atoms with E-state index in [1.165, 1.54) is 30.0 Å². The van der Waals surface area contributed by atoms with Crippen LogP contribution in [0.1, 0.15) is 13.8 Å². The molecule has 0 spiro atoms. The number of allylic oxidation sites excluding steroid dienone is 2. The maximum absolute atomic E-state index is 10.0. The fourth-order valence-electron chi connectivity index (χ4n) is 1.87. The molecule has 0 aliphatic heterocycles. The Balaban J connectivity index is 0.000000287. The Morgan fingerprint density at radius 3 is 2.35 bits per heavy atom. The monoisotopic (exact) mass is 501 g/mol. The van der Waals surface area contributed by atoms with Crippen LogP contribution in [0.5, 0.6) is 0 Å². The van der Waals surface area contributed by atoms with Gasteiger partial charge in [-0.05, 0) is 13.8 Å². The van der Waals surface area contributed by atoms with Crippen molar-refractivity contribution in [3.63, 3.8) is 0 Å². The van der Waals surface area contributed by atoms with E-state index in [1.54, 1.807) is 11.3 Å². The van der Waals surface area contributed by atoms with Gasteiger partial charge in [0.05, 0.1) is 5.76 Å². The molecule has 0 fully saturated rings. The summed E-state index contributed by atoms with van der Waals surface area (Å²) in [6.45, 7) is 2.85. The molecule has 0 amide bonds. The second-order valence-electron chi connectivity index (χ2n) is 4.72. The van der Waals surface area contributed by atoms with E-state index in [4.69, 9.17) is 5.11 Å². The number of fused-ring (bicyclic) bond motifs is 1. The molecule has 1 heterocycles. The molecule has 1 radical (unpaired) electrons. The predicted octanol–water partition coefficient (Wildman–Crippen LogP) is 5.20. The van der Waals surface area contributed by atoms with E-state index >= 15 is 0 Å². The van der Waals surface area contributed by atoms with Crippen LogP contribution < -0.4 is 0 Å². The van der Waals surface area contributed by atoms with Gasteiger partial charge >= 0.3 is 0 Å². The molecule has 121 valence electrons. The summed E-state index contributed by atoms with van der Waals surface area (Å²) >= 11 is 1.76. The van der Waals surface area contributed by atoms with Gasteiger partial charge in [0.25, 0.3) is 0 Å². The number of rotatable bonds is 2. The zero-order valence-corrected chi connectivity index (χ0v) is 16.0. The van der Waals surface area contributed by atoms with Gasteiger partial charge in [-0.15, -0.1) is 28.5 Å². The van der Waals surface area contributed by atoms with Crippen LogP contribution in [0.25, 0.3) is 20.5 Å². The Bertz CT molecular complexity index is 754. The van der Waals surface area contributed by atoms with Crippen molar-refractivity contribution >= 4 is 27.2 Å². The van der Waals surface area contributed by atoms with Gasteiger partial charge in [-0.3, -0.25) is 16.1 Å². The molecule has 0 saturated carbocycles. The van der Waals surface area contributed by atoms with Crippen LogP contribution >= 0.6 is 11.3 Å². The third-order valence-corrected chi connectivity index (χ3v) is 3.82. The van der Waals surface area contributed by atoms with Gasteiger partial charge in [0, 0.05) is 26.2 Å². The van der Waals surface area contributed by atoms with Gasteiger partial charge in [-0.1, -0.05) is 16.8 Å². The number of aliphatic hydroxyl groups excluding tert-OH is 1. The first kappa shape index (κ1) is 19.3. The van der Waals surface area contributed by atoms with Crippen LogP contribution in [-0.4, -0.2) is 10.9 Å².